The van der Waals surface area contributed by atoms with E-state index >= 15 is 0 Å². The summed E-state index contributed by atoms with van der Waals surface area (Å²) in [5.74, 6) is 0. The molecule has 0 rings (SSSR count). The molecule has 0 aromatic rings. The Labute approximate surface area is 56.2 Å². The highest BCUT2D eigenvalue weighted by Crippen LogP contribution is 1.85. The van der Waals surface area contributed by atoms with Crippen molar-refractivity contribution in [3.63, 3.8) is 0 Å². The van der Waals surface area contributed by atoms with Crippen molar-refractivity contribution in [3.8, 4) is 0 Å². The lowest BCUT2D eigenvalue weighted by atomic mass is 10.3. The summed E-state index contributed by atoms with van der Waals surface area (Å²) in [6.45, 7) is 6.17. The highest BCUT2D eigenvalue weighted by molar-refractivity contribution is 5.09. The number of hydrogen-bond donors (Lipinski definition) is 1. The molecule has 0 atom stereocenters. The molecule has 1 N–H and O–H groups in total. The van der Waals surface area contributed by atoms with Crippen molar-refractivity contribution in [2.45, 2.75) is 6.92 Å². The minimum absolute atomic E-state index is 0.545. The summed E-state index contributed by atoms with van der Waals surface area (Å²) in [7, 11) is 1.64. The zero-order valence-corrected chi connectivity index (χ0v) is 5.98. The molecule has 0 saturated heterocycles. The van der Waals surface area contributed by atoms with E-state index < -0.39 is 0 Å². The van der Waals surface area contributed by atoms with Crippen LogP contribution in [0.25, 0.3) is 0 Å². The van der Waals surface area contributed by atoms with Crippen LogP contribution >= 0.6 is 0 Å². The van der Waals surface area contributed by atoms with Crippen molar-refractivity contribution < 1.29 is 4.74 Å². The van der Waals surface area contributed by atoms with Gasteiger partial charge in [-0.2, -0.15) is 0 Å². The first-order valence-corrected chi connectivity index (χ1v) is 2.81. The summed E-state index contributed by atoms with van der Waals surface area (Å²) >= 11 is 0. The van der Waals surface area contributed by atoms with Crippen molar-refractivity contribution >= 4 is 0 Å². The van der Waals surface area contributed by atoms with Gasteiger partial charge in [0.1, 0.15) is 6.73 Å². The van der Waals surface area contributed by atoms with E-state index in [1.165, 1.54) is 0 Å². The fraction of sp³-hybridized carbons (Fsp3) is 0.429. The molecule has 0 amide bonds. The highest BCUT2D eigenvalue weighted by Gasteiger charge is 1.72. The fourth-order valence-corrected chi connectivity index (χ4v) is 0.333. The van der Waals surface area contributed by atoms with E-state index in [4.69, 9.17) is 4.74 Å². The van der Waals surface area contributed by atoms with Crippen LogP contribution in [0, 0.1) is 0 Å². The lowest BCUT2D eigenvalue weighted by Gasteiger charge is -1.95. The lowest BCUT2D eigenvalue weighted by Crippen LogP contribution is -2.07. The Hall–Kier alpha value is -0.760. The molecule has 9 heavy (non-hydrogen) atoms. The maximum absolute atomic E-state index is 4.73. The van der Waals surface area contributed by atoms with E-state index in [0.29, 0.717) is 6.73 Å². The molecule has 2 nitrogen and oxygen atoms in total. The van der Waals surface area contributed by atoms with Gasteiger partial charge in [0, 0.05) is 7.11 Å². The molecule has 0 heterocycles. The number of allylic oxidation sites excluding steroid dienone is 2. The third-order valence-corrected chi connectivity index (χ3v) is 0.713. The molecular formula is C7H13NO. The molecule has 0 bridgehead atoms. The Bertz CT molecular complexity index is 107. The van der Waals surface area contributed by atoms with Crippen LogP contribution in [0.5, 0.6) is 0 Å². The lowest BCUT2D eigenvalue weighted by molar-refractivity contribution is 0.187. The number of ether oxygens (including phenoxy) is 1. The molecular weight excluding hydrogens is 114 g/mol. The number of nitrogens with one attached hydrogen (secondary N) is 1. The fourth-order valence-electron chi connectivity index (χ4n) is 0.333. The van der Waals surface area contributed by atoms with Gasteiger partial charge in [-0.3, -0.25) is 0 Å². The van der Waals surface area contributed by atoms with E-state index in [2.05, 4.69) is 11.9 Å². The normalized spacial score (nSPS) is 10.0. The van der Waals surface area contributed by atoms with Crippen LogP contribution in [-0.2, 0) is 4.74 Å². The molecule has 0 aliphatic rings. The molecule has 52 valence electrons. The smallest absolute Gasteiger partial charge is 0.115 e. The average molecular weight is 127 g/mol. The summed E-state index contributed by atoms with van der Waals surface area (Å²) in [5, 5.41) is 2.90. The van der Waals surface area contributed by atoms with Crippen molar-refractivity contribution in [1.29, 1.82) is 0 Å². The molecule has 0 fully saturated rings. The monoisotopic (exact) mass is 127 g/mol. The second-order valence-corrected chi connectivity index (χ2v) is 1.82. The molecule has 0 aliphatic heterocycles. The van der Waals surface area contributed by atoms with Crippen LogP contribution in [0.4, 0.5) is 0 Å². The van der Waals surface area contributed by atoms with Crippen LogP contribution in [-0.4, -0.2) is 13.8 Å². The molecule has 0 aromatic carbocycles. The van der Waals surface area contributed by atoms with Gasteiger partial charge >= 0.3 is 0 Å². The number of rotatable bonds is 4. The largest absolute Gasteiger partial charge is 0.369 e. The Morgan fingerprint density at radius 3 is 2.89 bits per heavy atom. The van der Waals surface area contributed by atoms with Crippen LogP contribution in [0.3, 0.4) is 0 Å². The predicted molar refractivity (Wildman–Crippen MR) is 39.0 cm³/mol. The van der Waals surface area contributed by atoms with E-state index in [1.807, 2.05) is 19.2 Å². The van der Waals surface area contributed by atoms with Gasteiger partial charge in [-0.25, -0.2) is 0 Å². The van der Waals surface area contributed by atoms with Gasteiger partial charge in [0.25, 0.3) is 0 Å². The van der Waals surface area contributed by atoms with E-state index in [-0.39, 0.29) is 0 Å². The Morgan fingerprint density at radius 1 is 1.78 bits per heavy atom. The average Bonchev–Trinajstić information content (AvgIpc) is 1.80. The van der Waals surface area contributed by atoms with Crippen LogP contribution in [0.2, 0.25) is 0 Å². The molecule has 0 saturated carbocycles. The quantitative estimate of drug-likeness (QED) is 0.349. The van der Waals surface area contributed by atoms with Gasteiger partial charge in [0.05, 0.1) is 0 Å². The van der Waals surface area contributed by atoms with Gasteiger partial charge < -0.3 is 10.1 Å². The molecule has 0 aliphatic carbocycles. The third-order valence-electron chi connectivity index (χ3n) is 0.713. The summed E-state index contributed by atoms with van der Waals surface area (Å²) in [4.78, 5) is 0. The summed E-state index contributed by atoms with van der Waals surface area (Å²) < 4.78 is 4.73. The zero-order valence-electron chi connectivity index (χ0n) is 5.98. The van der Waals surface area contributed by atoms with Crippen molar-refractivity contribution in [3.05, 3.63) is 24.4 Å². The van der Waals surface area contributed by atoms with Crippen LogP contribution in [0.1, 0.15) is 6.92 Å². The van der Waals surface area contributed by atoms with Crippen LogP contribution < -0.4 is 5.32 Å². The van der Waals surface area contributed by atoms with Gasteiger partial charge in [-0.15, -0.1) is 0 Å². The number of methoxy groups -OCH3 is 1. The van der Waals surface area contributed by atoms with Crippen molar-refractivity contribution in [1.82, 2.24) is 5.32 Å². The topological polar surface area (TPSA) is 21.3 Å². The zero-order chi connectivity index (χ0) is 7.11. The summed E-state index contributed by atoms with van der Waals surface area (Å²) in [5.41, 5.74) is 1.03. The molecule has 0 unspecified atom stereocenters. The molecule has 0 radical (unpaired) electrons. The Kier molecular flexibility index (Phi) is 4.92. The first kappa shape index (κ1) is 8.24. The van der Waals surface area contributed by atoms with Gasteiger partial charge in [0.15, 0.2) is 0 Å². The molecule has 0 spiro atoms. The SMILES string of the molecule is C=C(C)/C=C\NCOC. The Morgan fingerprint density at radius 2 is 2.44 bits per heavy atom. The van der Waals surface area contributed by atoms with E-state index in [0.717, 1.165) is 5.57 Å². The van der Waals surface area contributed by atoms with Gasteiger partial charge in [0.2, 0.25) is 0 Å². The third kappa shape index (κ3) is 7.24. The highest BCUT2D eigenvalue weighted by atomic mass is 16.5. The van der Waals surface area contributed by atoms with Crippen molar-refractivity contribution in [2.24, 2.45) is 0 Å². The standard InChI is InChI=1S/C7H13NO/c1-7(2)4-5-8-6-9-3/h4-5,8H,1,6H2,2-3H3/b5-4-. The predicted octanol–water partition coefficient (Wildman–Crippen LogP) is 1.27. The summed E-state index contributed by atoms with van der Waals surface area (Å²) in [6, 6.07) is 0. The van der Waals surface area contributed by atoms with E-state index in [1.54, 1.807) is 7.11 Å². The minimum atomic E-state index is 0.545. The van der Waals surface area contributed by atoms with Gasteiger partial charge in [-0.05, 0) is 19.2 Å². The van der Waals surface area contributed by atoms with Crippen LogP contribution in [0.15, 0.2) is 24.4 Å². The first-order valence-electron chi connectivity index (χ1n) is 2.81. The second kappa shape index (κ2) is 5.38. The molecule has 0 aromatic heterocycles. The van der Waals surface area contributed by atoms with Gasteiger partial charge in [-0.1, -0.05) is 12.2 Å². The minimum Gasteiger partial charge on any atom is -0.369 e. The Balaban J connectivity index is 3.15. The maximum Gasteiger partial charge on any atom is 0.115 e. The summed E-state index contributed by atoms with van der Waals surface area (Å²) in [6.07, 6.45) is 3.70. The first-order chi connectivity index (χ1) is 4.27. The second-order valence-electron chi connectivity index (χ2n) is 1.82. The van der Waals surface area contributed by atoms with Crippen molar-refractivity contribution in [2.75, 3.05) is 13.8 Å². The van der Waals surface area contributed by atoms with E-state index in [9.17, 15) is 0 Å². The maximum atomic E-state index is 4.73. The number of hydrogen-bond acceptors (Lipinski definition) is 2. The molecule has 2 heteroatoms.